The molecule has 1 nitrogen and oxygen atoms in total. The lowest BCUT2D eigenvalue weighted by molar-refractivity contribution is 0.265. The fourth-order valence-corrected chi connectivity index (χ4v) is 1.21. The topological polar surface area (TPSA) is 12.0 Å². The van der Waals surface area contributed by atoms with E-state index in [1.807, 2.05) is 13.8 Å². The Morgan fingerprint density at radius 1 is 1.20 bits per heavy atom. The number of hydrogen-bond donors (Lipinski definition) is 1. The van der Waals surface area contributed by atoms with Crippen LogP contribution in [0.2, 0.25) is 0 Å². The van der Waals surface area contributed by atoms with Gasteiger partial charge in [-0.3, -0.25) is 0 Å². The lowest BCUT2D eigenvalue weighted by atomic mass is 9.85. The largest absolute Gasteiger partial charge is 0.316 e. The summed E-state index contributed by atoms with van der Waals surface area (Å²) in [6, 6.07) is 0. The van der Waals surface area contributed by atoms with E-state index >= 15 is 0 Å². The molecule has 0 spiro atoms. The lowest BCUT2D eigenvalue weighted by Gasteiger charge is -2.29. The van der Waals surface area contributed by atoms with Crippen LogP contribution in [0.3, 0.4) is 0 Å². The quantitative estimate of drug-likeness (QED) is 0.549. The molecule has 0 atom stereocenters. The van der Waals surface area contributed by atoms with Crippen molar-refractivity contribution in [2.24, 2.45) is 5.41 Å². The van der Waals surface area contributed by atoms with Crippen LogP contribution in [0.25, 0.3) is 0 Å². The van der Waals surface area contributed by atoms with Crippen LogP contribution in [0, 0.1) is 5.41 Å². The Hall–Kier alpha value is -0.0400. The standard InChI is InChI=1S/C7H15N.C2H6/c1-7(2)4-3-5-8-6-7;1-2/h8H,3-6H2,1-2H3;1-2H3. The molecule has 0 radical (unpaired) electrons. The zero-order valence-corrected chi connectivity index (χ0v) is 7.83. The first-order chi connectivity index (χ1) is 4.71. The Labute approximate surface area is 65.2 Å². The molecular weight excluding hydrogens is 122 g/mol. The first-order valence-corrected chi connectivity index (χ1v) is 4.41. The molecule has 62 valence electrons. The van der Waals surface area contributed by atoms with Crippen molar-refractivity contribution in [3.05, 3.63) is 0 Å². The van der Waals surface area contributed by atoms with Gasteiger partial charge in [0.05, 0.1) is 0 Å². The van der Waals surface area contributed by atoms with Crippen molar-refractivity contribution >= 4 is 0 Å². The summed E-state index contributed by atoms with van der Waals surface area (Å²) >= 11 is 0. The van der Waals surface area contributed by atoms with E-state index in [9.17, 15) is 0 Å². The van der Waals surface area contributed by atoms with Gasteiger partial charge in [-0.1, -0.05) is 27.7 Å². The van der Waals surface area contributed by atoms with Crippen molar-refractivity contribution in [3.63, 3.8) is 0 Å². The predicted molar refractivity (Wildman–Crippen MR) is 47.2 cm³/mol. The molecule has 0 amide bonds. The summed E-state index contributed by atoms with van der Waals surface area (Å²) < 4.78 is 0. The van der Waals surface area contributed by atoms with Gasteiger partial charge >= 0.3 is 0 Å². The number of nitrogens with one attached hydrogen (secondary N) is 1. The van der Waals surface area contributed by atoms with Crippen LogP contribution in [0.4, 0.5) is 0 Å². The van der Waals surface area contributed by atoms with Gasteiger partial charge in [0.25, 0.3) is 0 Å². The molecule has 0 aromatic carbocycles. The van der Waals surface area contributed by atoms with Gasteiger partial charge in [-0.25, -0.2) is 0 Å². The van der Waals surface area contributed by atoms with Gasteiger partial charge in [-0.15, -0.1) is 0 Å². The molecule has 0 saturated carbocycles. The minimum atomic E-state index is 0.568. The maximum Gasteiger partial charge on any atom is 0.000252 e. The summed E-state index contributed by atoms with van der Waals surface area (Å²) in [5.74, 6) is 0. The Morgan fingerprint density at radius 2 is 1.80 bits per heavy atom. The SMILES string of the molecule is CC.CC1(C)CCCNC1. The van der Waals surface area contributed by atoms with Gasteiger partial charge < -0.3 is 5.32 Å². The average molecular weight is 143 g/mol. The van der Waals surface area contributed by atoms with Crippen LogP contribution in [0.5, 0.6) is 0 Å². The van der Waals surface area contributed by atoms with E-state index in [-0.39, 0.29) is 0 Å². The number of hydrogen-bond acceptors (Lipinski definition) is 1. The van der Waals surface area contributed by atoms with Crippen molar-refractivity contribution in [2.75, 3.05) is 13.1 Å². The molecule has 1 N–H and O–H groups in total. The normalized spacial score (nSPS) is 22.8. The maximum absolute atomic E-state index is 3.38. The Kier molecular flexibility index (Phi) is 4.71. The second kappa shape index (κ2) is 4.73. The van der Waals surface area contributed by atoms with Crippen molar-refractivity contribution in [1.82, 2.24) is 5.32 Å². The first kappa shape index (κ1) is 9.96. The van der Waals surface area contributed by atoms with Crippen LogP contribution < -0.4 is 5.32 Å². The van der Waals surface area contributed by atoms with Crippen molar-refractivity contribution in [3.8, 4) is 0 Å². The van der Waals surface area contributed by atoms with E-state index in [1.54, 1.807) is 0 Å². The lowest BCUT2D eigenvalue weighted by Crippen LogP contribution is -2.35. The van der Waals surface area contributed by atoms with Gasteiger partial charge in [0.15, 0.2) is 0 Å². The van der Waals surface area contributed by atoms with Crippen molar-refractivity contribution in [1.29, 1.82) is 0 Å². The van der Waals surface area contributed by atoms with Crippen LogP contribution in [-0.2, 0) is 0 Å². The van der Waals surface area contributed by atoms with Gasteiger partial charge in [-0.05, 0) is 24.8 Å². The summed E-state index contributed by atoms with van der Waals surface area (Å²) in [5.41, 5.74) is 0.568. The maximum atomic E-state index is 3.38. The highest BCUT2D eigenvalue weighted by atomic mass is 14.9. The highest BCUT2D eigenvalue weighted by Crippen LogP contribution is 2.23. The molecule has 1 heterocycles. The third kappa shape index (κ3) is 3.89. The highest BCUT2D eigenvalue weighted by Gasteiger charge is 2.19. The van der Waals surface area contributed by atoms with Crippen LogP contribution in [0.1, 0.15) is 40.5 Å². The second-order valence-corrected chi connectivity index (χ2v) is 3.44. The molecule has 0 aliphatic carbocycles. The average Bonchev–Trinajstić information content (AvgIpc) is 1.92. The third-order valence-electron chi connectivity index (χ3n) is 1.81. The number of piperidine rings is 1. The summed E-state index contributed by atoms with van der Waals surface area (Å²) in [7, 11) is 0. The summed E-state index contributed by atoms with van der Waals surface area (Å²) in [4.78, 5) is 0. The summed E-state index contributed by atoms with van der Waals surface area (Å²) in [6.45, 7) is 11.1. The smallest absolute Gasteiger partial charge is 0.000252 e. The molecule has 1 heteroatoms. The van der Waals surface area contributed by atoms with Gasteiger partial charge in [0, 0.05) is 6.54 Å². The highest BCUT2D eigenvalue weighted by molar-refractivity contribution is 4.75. The minimum Gasteiger partial charge on any atom is -0.316 e. The van der Waals surface area contributed by atoms with E-state index in [0.29, 0.717) is 5.41 Å². The monoisotopic (exact) mass is 143 g/mol. The second-order valence-electron chi connectivity index (χ2n) is 3.44. The zero-order valence-electron chi connectivity index (χ0n) is 7.83. The summed E-state index contributed by atoms with van der Waals surface area (Å²) in [5, 5.41) is 3.38. The molecule has 0 aromatic heterocycles. The number of rotatable bonds is 0. The van der Waals surface area contributed by atoms with E-state index in [1.165, 1.54) is 25.9 Å². The van der Waals surface area contributed by atoms with Crippen LogP contribution >= 0.6 is 0 Å². The molecule has 1 aliphatic heterocycles. The molecule has 1 saturated heterocycles. The molecule has 0 unspecified atom stereocenters. The fraction of sp³-hybridized carbons (Fsp3) is 1.00. The van der Waals surface area contributed by atoms with E-state index in [4.69, 9.17) is 0 Å². The van der Waals surface area contributed by atoms with Crippen molar-refractivity contribution < 1.29 is 0 Å². The van der Waals surface area contributed by atoms with E-state index in [2.05, 4.69) is 19.2 Å². The Balaban J connectivity index is 0.000000371. The molecule has 0 bridgehead atoms. The van der Waals surface area contributed by atoms with Crippen LogP contribution in [-0.4, -0.2) is 13.1 Å². The summed E-state index contributed by atoms with van der Waals surface area (Å²) in [6.07, 6.45) is 2.74. The molecule has 1 rings (SSSR count). The Morgan fingerprint density at radius 3 is 2.00 bits per heavy atom. The molecule has 1 fully saturated rings. The van der Waals surface area contributed by atoms with Gasteiger partial charge in [0.1, 0.15) is 0 Å². The molecule has 1 aliphatic rings. The van der Waals surface area contributed by atoms with Gasteiger partial charge in [-0.2, -0.15) is 0 Å². The molecule has 10 heavy (non-hydrogen) atoms. The Bertz CT molecular complexity index is 68.8. The van der Waals surface area contributed by atoms with E-state index < -0.39 is 0 Å². The zero-order chi connectivity index (χ0) is 8.04. The molecule has 0 aromatic rings. The van der Waals surface area contributed by atoms with Gasteiger partial charge in [0.2, 0.25) is 0 Å². The third-order valence-corrected chi connectivity index (χ3v) is 1.81. The van der Waals surface area contributed by atoms with Crippen LogP contribution in [0.15, 0.2) is 0 Å². The van der Waals surface area contributed by atoms with E-state index in [0.717, 1.165) is 0 Å². The predicted octanol–water partition coefficient (Wildman–Crippen LogP) is 2.42. The first-order valence-electron chi connectivity index (χ1n) is 4.41. The molecular formula is C9H21N. The minimum absolute atomic E-state index is 0.568. The fourth-order valence-electron chi connectivity index (χ4n) is 1.21. The van der Waals surface area contributed by atoms with Crippen molar-refractivity contribution in [2.45, 2.75) is 40.5 Å².